The number of amides is 1. The Balaban J connectivity index is 1.35. The van der Waals surface area contributed by atoms with Gasteiger partial charge in [-0.25, -0.2) is 9.97 Å². The normalized spacial score (nSPS) is 25.7. The number of imidazole rings is 1. The molecule has 35 heavy (non-hydrogen) atoms. The van der Waals surface area contributed by atoms with Crippen LogP contribution < -0.4 is 14.8 Å². The van der Waals surface area contributed by atoms with Gasteiger partial charge in [0.25, 0.3) is 5.91 Å². The summed E-state index contributed by atoms with van der Waals surface area (Å²) in [5.74, 6) is 0.685. The number of hydrogen-bond acceptors (Lipinski definition) is 6. The first-order valence-corrected chi connectivity index (χ1v) is 12.6. The van der Waals surface area contributed by atoms with Crippen molar-refractivity contribution >= 4 is 17.2 Å². The van der Waals surface area contributed by atoms with E-state index in [2.05, 4.69) is 23.4 Å². The van der Waals surface area contributed by atoms with Crippen molar-refractivity contribution in [1.82, 2.24) is 14.4 Å². The van der Waals surface area contributed by atoms with E-state index >= 15 is 0 Å². The van der Waals surface area contributed by atoms with E-state index in [1.54, 1.807) is 18.3 Å². The highest BCUT2D eigenvalue weighted by molar-refractivity contribution is 6.06. The lowest BCUT2D eigenvalue weighted by Gasteiger charge is -2.27. The van der Waals surface area contributed by atoms with Crippen LogP contribution in [0.2, 0.25) is 0 Å². The molecular weight excluding hydrogens is 444 g/mol. The van der Waals surface area contributed by atoms with Crippen LogP contribution in [0.4, 0.5) is 5.69 Å². The highest BCUT2D eigenvalue weighted by atomic mass is 16.5. The van der Waals surface area contributed by atoms with E-state index < -0.39 is 0 Å². The lowest BCUT2D eigenvalue weighted by molar-refractivity contribution is -0.00627. The maximum Gasteiger partial charge on any atom is 0.261 e. The van der Waals surface area contributed by atoms with Crippen molar-refractivity contribution in [2.45, 2.75) is 82.5 Å². The van der Waals surface area contributed by atoms with Gasteiger partial charge in [0.1, 0.15) is 17.1 Å². The van der Waals surface area contributed by atoms with Gasteiger partial charge in [0.15, 0.2) is 0 Å². The van der Waals surface area contributed by atoms with Crippen LogP contribution in [0.5, 0.6) is 11.6 Å². The van der Waals surface area contributed by atoms with Crippen LogP contribution in [0.25, 0.3) is 5.65 Å². The monoisotopic (exact) mass is 476 g/mol. The first-order chi connectivity index (χ1) is 16.8. The van der Waals surface area contributed by atoms with Gasteiger partial charge in [0.2, 0.25) is 5.88 Å². The zero-order valence-electron chi connectivity index (χ0n) is 20.5. The highest BCUT2D eigenvalue weighted by Gasteiger charge is 2.55. The van der Waals surface area contributed by atoms with Crippen LogP contribution in [0.15, 0.2) is 36.8 Å². The SMILES string of the molecule is CC(C)Oc1ncccc1NC(=O)c1cn2cc(C34CCC(C)(C3)OC4)nc2cc1OC1CCC1. The minimum Gasteiger partial charge on any atom is -0.489 e. The molecule has 8 heteroatoms. The van der Waals surface area contributed by atoms with Gasteiger partial charge in [-0.2, -0.15) is 0 Å². The summed E-state index contributed by atoms with van der Waals surface area (Å²) < 4.78 is 20.1. The molecule has 2 unspecified atom stereocenters. The second kappa shape index (κ2) is 8.22. The average molecular weight is 477 g/mol. The predicted molar refractivity (Wildman–Crippen MR) is 131 cm³/mol. The van der Waals surface area contributed by atoms with Gasteiger partial charge in [-0.3, -0.25) is 4.79 Å². The third kappa shape index (κ3) is 4.03. The molecule has 1 N–H and O–H groups in total. The molecule has 2 saturated carbocycles. The second-order valence-corrected chi connectivity index (χ2v) is 10.8. The molecule has 0 spiro atoms. The molecule has 2 aliphatic carbocycles. The van der Waals surface area contributed by atoms with Gasteiger partial charge in [0.05, 0.1) is 35.7 Å². The van der Waals surface area contributed by atoms with Crippen LogP contribution in [-0.2, 0) is 10.2 Å². The molecule has 1 saturated heterocycles. The molecule has 3 aliphatic rings. The van der Waals surface area contributed by atoms with Crippen LogP contribution in [0, 0.1) is 0 Å². The van der Waals surface area contributed by atoms with Crippen molar-refractivity contribution in [2.75, 3.05) is 11.9 Å². The molecule has 8 nitrogen and oxygen atoms in total. The van der Waals surface area contributed by atoms with Gasteiger partial charge in [-0.05, 0) is 71.4 Å². The van der Waals surface area contributed by atoms with Gasteiger partial charge in [0, 0.05) is 30.1 Å². The molecule has 184 valence electrons. The number of anilines is 1. The fraction of sp³-hybridized carbons (Fsp3) is 0.519. The zero-order chi connectivity index (χ0) is 24.2. The fourth-order valence-corrected chi connectivity index (χ4v) is 5.45. The predicted octanol–water partition coefficient (Wildman–Crippen LogP) is 4.91. The van der Waals surface area contributed by atoms with E-state index in [1.807, 2.05) is 30.5 Å². The molecule has 1 aliphatic heterocycles. The third-order valence-electron chi connectivity index (χ3n) is 7.60. The molecule has 3 aromatic heterocycles. The molecule has 1 amide bonds. The van der Waals surface area contributed by atoms with Crippen LogP contribution in [0.3, 0.4) is 0 Å². The molecule has 2 atom stereocenters. The maximum absolute atomic E-state index is 13.5. The summed E-state index contributed by atoms with van der Waals surface area (Å²) in [5.41, 5.74) is 2.72. The zero-order valence-corrected chi connectivity index (χ0v) is 20.5. The van der Waals surface area contributed by atoms with Crippen molar-refractivity contribution in [3.05, 3.63) is 48.0 Å². The lowest BCUT2D eigenvalue weighted by atomic mass is 9.84. The van der Waals surface area contributed by atoms with E-state index in [-0.39, 0.29) is 29.1 Å². The minimum absolute atomic E-state index is 0.0428. The van der Waals surface area contributed by atoms with Gasteiger partial charge in [-0.15, -0.1) is 0 Å². The van der Waals surface area contributed by atoms with Crippen molar-refractivity contribution < 1.29 is 19.0 Å². The van der Waals surface area contributed by atoms with E-state index in [9.17, 15) is 4.79 Å². The summed E-state index contributed by atoms with van der Waals surface area (Å²) in [7, 11) is 0. The molecule has 0 radical (unpaired) electrons. The third-order valence-corrected chi connectivity index (χ3v) is 7.60. The molecule has 3 aromatic rings. The molecule has 2 bridgehead atoms. The molecule has 6 rings (SSSR count). The number of nitrogens with zero attached hydrogens (tertiary/aromatic N) is 3. The smallest absolute Gasteiger partial charge is 0.261 e. The summed E-state index contributed by atoms with van der Waals surface area (Å²) in [6, 6.07) is 5.46. The summed E-state index contributed by atoms with van der Waals surface area (Å²) in [6.45, 7) is 6.75. The number of aromatic nitrogens is 3. The molecule has 3 fully saturated rings. The van der Waals surface area contributed by atoms with Crippen LogP contribution in [0.1, 0.15) is 75.3 Å². The summed E-state index contributed by atoms with van der Waals surface area (Å²) in [4.78, 5) is 22.8. The molecule has 0 aromatic carbocycles. The van der Waals surface area contributed by atoms with E-state index in [4.69, 9.17) is 19.2 Å². The van der Waals surface area contributed by atoms with E-state index in [0.29, 0.717) is 29.5 Å². The maximum atomic E-state index is 13.5. The minimum atomic E-state index is -0.270. The first kappa shape index (κ1) is 22.3. The lowest BCUT2D eigenvalue weighted by Crippen LogP contribution is -2.26. The number of fused-ring (bicyclic) bond motifs is 3. The summed E-state index contributed by atoms with van der Waals surface area (Å²) in [6.07, 6.45) is 11.9. The number of rotatable bonds is 7. The number of carbonyl (C=O) groups excluding carboxylic acids is 1. The van der Waals surface area contributed by atoms with Crippen molar-refractivity contribution in [3.8, 4) is 11.6 Å². The van der Waals surface area contributed by atoms with Gasteiger partial charge >= 0.3 is 0 Å². The Kier molecular flexibility index (Phi) is 5.25. The number of pyridine rings is 2. The standard InChI is InChI=1S/C27H32N4O4/c1-17(2)34-25-20(8-5-11-28-25)29-24(32)19-13-31-14-22(27-10-9-26(3,15-27)33-16-27)30-23(31)12-21(19)35-18-6-4-7-18/h5,8,11-14,17-18H,4,6-7,9-10,15-16H2,1-3H3,(H,29,32). The Morgan fingerprint density at radius 3 is 2.80 bits per heavy atom. The van der Waals surface area contributed by atoms with Gasteiger partial charge in [-0.1, -0.05) is 0 Å². The largest absolute Gasteiger partial charge is 0.489 e. The Bertz CT molecular complexity index is 1270. The van der Waals surface area contributed by atoms with Crippen molar-refractivity contribution in [3.63, 3.8) is 0 Å². The van der Waals surface area contributed by atoms with Gasteiger partial charge < -0.3 is 23.9 Å². The fourth-order valence-electron chi connectivity index (χ4n) is 5.45. The van der Waals surface area contributed by atoms with E-state index in [0.717, 1.165) is 49.9 Å². The first-order valence-electron chi connectivity index (χ1n) is 12.6. The number of ether oxygens (including phenoxy) is 3. The summed E-state index contributed by atoms with van der Waals surface area (Å²) >= 11 is 0. The van der Waals surface area contributed by atoms with Crippen molar-refractivity contribution in [2.24, 2.45) is 0 Å². The number of hydrogen-bond donors (Lipinski definition) is 1. The highest BCUT2D eigenvalue weighted by Crippen LogP contribution is 2.53. The quantitative estimate of drug-likeness (QED) is 0.521. The number of carbonyl (C=O) groups is 1. The Labute approximate surface area is 205 Å². The van der Waals surface area contributed by atoms with Crippen LogP contribution in [-0.4, -0.2) is 44.7 Å². The summed E-state index contributed by atoms with van der Waals surface area (Å²) in [5, 5.41) is 2.98. The van der Waals surface area contributed by atoms with Crippen LogP contribution >= 0.6 is 0 Å². The molecule has 4 heterocycles. The second-order valence-electron chi connectivity index (χ2n) is 10.8. The van der Waals surface area contributed by atoms with E-state index in [1.165, 1.54) is 0 Å². The Morgan fingerprint density at radius 1 is 1.29 bits per heavy atom. The van der Waals surface area contributed by atoms with Crippen molar-refractivity contribution in [1.29, 1.82) is 0 Å². The topological polar surface area (TPSA) is 87.0 Å². The number of nitrogens with one attached hydrogen (secondary N) is 1. The molecular formula is C27H32N4O4. The Hall–Kier alpha value is -3.13. The Morgan fingerprint density at radius 2 is 2.14 bits per heavy atom. The average Bonchev–Trinajstić information content (AvgIpc) is 3.47.